The topological polar surface area (TPSA) is 17.1 Å². The van der Waals surface area contributed by atoms with Gasteiger partial charge in [-0.05, 0) is 30.2 Å². The van der Waals surface area contributed by atoms with Crippen molar-refractivity contribution in [3.63, 3.8) is 0 Å². The van der Waals surface area contributed by atoms with Crippen molar-refractivity contribution in [1.29, 1.82) is 0 Å². The van der Waals surface area contributed by atoms with Crippen molar-refractivity contribution >= 4 is 39.5 Å². The van der Waals surface area contributed by atoms with Crippen LogP contribution in [0.4, 0.5) is 0 Å². The molecule has 0 fully saturated rings. The molecule has 3 heteroatoms. The average molecular weight is 222 g/mol. The summed E-state index contributed by atoms with van der Waals surface area (Å²) in [7, 11) is 0. The monoisotopic (exact) mass is 222 g/mol. The van der Waals surface area contributed by atoms with Crippen molar-refractivity contribution < 1.29 is 4.79 Å². The first-order chi connectivity index (χ1) is 6.76. The van der Waals surface area contributed by atoms with Crippen LogP contribution in [0, 0.1) is 6.92 Å². The minimum Gasteiger partial charge on any atom is -0.298 e. The van der Waals surface area contributed by atoms with Gasteiger partial charge in [0.05, 0.1) is 4.21 Å². The lowest BCUT2D eigenvalue weighted by Crippen LogP contribution is -1.77. The van der Waals surface area contributed by atoms with Gasteiger partial charge in [-0.2, -0.15) is 0 Å². The van der Waals surface area contributed by atoms with Gasteiger partial charge in [-0.15, -0.1) is 23.1 Å². The Kier molecular flexibility index (Phi) is 2.61. The number of benzene rings is 1. The van der Waals surface area contributed by atoms with Gasteiger partial charge in [-0.3, -0.25) is 4.79 Å². The van der Waals surface area contributed by atoms with Crippen molar-refractivity contribution in [3.05, 3.63) is 29.3 Å². The lowest BCUT2D eigenvalue weighted by molar-refractivity contribution is 0.112. The summed E-state index contributed by atoms with van der Waals surface area (Å²) in [4.78, 5) is 10.6. The molecule has 0 saturated carbocycles. The van der Waals surface area contributed by atoms with Gasteiger partial charge in [0.25, 0.3) is 0 Å². The number of carbonyl (C=O) groups excluding carboxylic acids is 1. The van der Waals surface area contributed by atoms with E-state index < -0.39 is 0 Å². The predicted octanol–water partition coefficient (Wildman–Crippen LogP) is 3.74. The number of thioether (sulfide) groups is 1. The Bertz CT molecular complexity index is 485. The quantitative estimate of drug-likeness (QED) is 0.568. The van der Waals surface area contributed by atoms with Gasteiger partial charge in [-0.25, -0.2) is 0 Å². The van der Waals surface area contributed by atoms with Crippen LogP contribution in [0.5, 0.6) is 0 Å². The van der Waals surface area contributed by atoms with Crippen molar-refractivity contribution in [2.75, 3.05) is 6.26 Å². The molecule has 0 aliphatic carbocycles. The van der Waals surface area contributed by atoms with E-state index in [1.54, 1.807) is 23.1 Å². The second kappa shape index (κ2) is 3.75. The minimum absolute atomic E-state index is 0.756. The largest absolute Gasteiger partial charge is 0.298 e. The van der Waals surface area contributed by atoms with Crippen molar-refractivity contribution in [1.82, 2.24) is 0 Å². The number of aryl methyl sites for hydroxylation is 1. The molecule has 2 rings (SSSR count). The summed E-state index contributed by atoms with van der Waals surface area (Å²) in [5, 5.41) is 1.27. The van der Waals surface area contributed by atoms with Crippen LogP contribution in [-0.2, 0) is 0 Å². The molecule has 1 aromatic heterocycles. The summed E-state index contributed by atoms with van der Waals surface area (Å²) < 4.78 is 2.54. The summed E-state index contributed by atoms with van der Waals surface area (Å²) in [6, 6.07) is 5.86. The maximum atomic E-state index is 10.6. The molecular formula is C11H10OS2. The van der Waals surface area contributed by atoms with Gasteiger partial charge in [-0.1, -0.05) is 12.1 Å². The third kappa shape index (κ3) is 1.47. The Balaban J connectivity index is 2.72. The van der Waals surface area contributed by atoms with Crippen LogP contribution < -0.4 is 0 Å². The van der Waals surface area contributed by atoms with E-state index in [1.807, 2.05) is 18.2 Å². The molecular weight excluding hydrogens is 212 g/mol. The van der Waals surface area contributed by atoms with Crippen molar-refractivity contribution in [2.24, 2.45) is 0 Å². The molecule has 0 aliphatic rings. The summed E-state index contributed by atoms with van der Waals surface area (Å²) in [5.41, 5.74) is 2.08. The Labute approximate surface area is 91.1 Å². The van der Waals surface area contributed by atoms with Crippen molar-refractivity contribution in [2.45, 2.75) is 11.1 Å². The van der Waals surface area contributed by atoms with Crippen molar-refractivity contribution in [3.8, 4) is 0 Å². The van der Waals surface area contributed by atoms with Crippen LogP contribution in [0.1, 0.15) is 15.9 Å². The molecule has 1 aromatic carbocycles. The molecule has 0 bridgehead atoms. The van der Waals surface area contributed by atoms with E-state index in [2.05, 4.69) is 13.2 Å². The van der Waals surface area contributed by atoms with E-state index in [1.165, 1.54) is 19.9 Å². The number of aldehydes is 1. The minimum atomic E-state index is 0.756. The highest BCUT2D eigenvalue weighted by molar-refractivity contribution is 8.00. The van der Waals surface area contributed by atoms with Crippen LogP contribution in [0.25, 0.3) is 10.1 Å². The molecule has 0 saturated heterocycles. The second-order valence-electron chi connectivity index (χ2n) is 3.09. The molecule has 0 unspecified atom stereocenters. The molecule has 0 amide bonds. The predicted molar refractivity (Wildman–Crippen MR) is 63.7 cm³/mol. The van der Waals surface area contributed by atoms with Crippen LogP contribution in [0.3, 0.4) is 0 Å². The Morgan fingerprint density at radius 3 is 2.86 bits per heavy atom. The molecule has 0 spiro atoms. The zero-order chi connectivity index (χ0) is 10.1. The number of hydrogen-bond donors (Lipinski definition) is 0. The molecule has 14 heavy (non-hydrogen) atoms. The first-order valence-corrected chi connectivity index (χ1v) is 6.32. The fourth-order valence-electron chi connectivity index (χ4n) is 1.49. The van der Waals surface area contributed by atoms with Gasteiger partial charge >= 0.3 is 0 Å². The molecule has 72 valence electrons. The fraction of sp³-hybridized carbons (Fsp3) is 0.182. The SMILES string of the molecule is CSc1sc2cc(C=O)ccc2c1C. The number of hydrogen-bond acceptors (Lipinski definition) is 3. The molecule has 0 aliphatic heterocycles. The summed E-state index contributed by atoms with van der Waals surface area (Å²) in [6.07, 6.45) is 2.98. The van der Waals surface area contributed by atoms with Crippen LogP contribution in [0.15, 0.2) is 22.4 Å². The smallest absolute Gasteiger partial charge is 0.150 e. The van der Waals surface area contributed by atoms with Gasteiger partial charge in [0, 0.05) is 10.3 Å². The molecule has 1 nitrogen and oxygen atoms in total. The number of rotatable bonds is 2. The molecule has 0 radical (unpaired) electrons. The summed E-state index contributed by atoms with van der Waals surface area (Å²) in [5.74, 6) is 0. The lowest BCUT2D eigenvalue weighted by atomic mass is 10.1. The van der Waals surface area contributed by atoms with Gasteiger partial charge < -0.3 is 0 Å². The lowest BCUT2D eigenvalue weighted by Gasteiger charge is -1.93. The van der Waals surface area contributed by atoms with Crippen LogP contribution >= 0.6 is 23.1 Å². The Hall–Kier alpha value is -0.800. The van der Waals surface area contributed by atoms with E-state index >= 15 is 0 Å². The third-order valence-corrected chi connectivity index (χ3v) is 4.72. The van der Waals surface area contributed by atoms with Gasteiger partial charge in [0.1, 0.15) is 6.29 Å². The maximum Gasteiger partial charge on any atom is 0.150 e. The fourth-order valence-corrected chi connectivity index (χ4v) is 3.50. The molecule has 1 heterocycles. The van der Waals surface area contributed by atoms with Gasteiger partial charge in [0.2, 0.25) is 0 Å². The van der Waals surface area contributed by atoms with E-state index in [4.69, 9.17) is 0 Å². The van der Waals surface area contributed by atoms with Gasteiger partial charge in [0.15, 0.2) is 0 Å². The first kappa shape index (κ1) is 9.74. The standard InChI is InChI=1S/C11H10OS2/c1-7-9-4-3-8(6-12)5-10(9)14-11(7)13-2/h3-6H,1-2H3. The Morgan fingerprint density at radius 2 is 2.21 bits per heavy atom. The average Bonchev–Trinajstić information content (AvgIpc) is 2.55. The highest BCUT2D eigenvalue weighted by Crippen LogP contribution is 2.36. The summed E-state index contributed by atoms with van der Waals surface area (Å²) in [6.45, 7) is 2.13. The van der Waals surface area contributed by atoms with E-state index in [9.17, 15) is 4.79 Å². The maximum absolute atomic E-state index is 10.6. The zero-order valence-corrected chi connectivity index (χ0v) is 9.67. The zero-order valence-electron chi connectivity index (χ0n) is 8.03. The third-order valence-electron chi connectivity index (χ3n) is 2.24. The first-order valence-electron chi connectivity index (χ1n) is 4.28. The number of fused-ring (bicyclic) bond motifs is 1. The van der Waals surface area contributed by atoms with E-state index in [0.29, 0.717) is 0 Å². The highest BCUT2D eigenvalue weighted by atomic mass is 32.2. The normalized spacial score (nSPS) is 10.7. The number of thiophene rings is 1. The van der Waals surface area contributed by atoms with E-state index in [0.717, 1.165) is 11.8 Å². The molecule has 2 aromatic rings. The van der Waals surface area contributed by atoms with Crippen LogP contribution in [-0.4, -0.2) is 12.5 Å². The highest BCUT2D eigenvalue weighted by Gasteiger charge is 2.07. The van der Waals surface area contributed by atoms with Crippen LogP contribution in [0.2, 0.25) is 0 Å². The molecule has 0 atom stereocenters. The molecule has 0 N–H and O–H groups in total. The summed E-state index contributed by atoms with van der Waals surface area (Å²) >= 11 is 3.52. The van der Waals surface area contributed by atoms with E-state index in [-0.39, 0.29) is 0 Å². The second-order valence-corrected chi connectivity index (χ2v) is 5.22. The Morgan fingerprint density at radius 1 is 1.43 bits per heavy atom. The number of carbonyl (C=O) groups is 1.